The van der Waals surface area contributed by atoms with E-state index in [-0.39, 0.29) is 18.1 Å². The number of nitrogens with zero attached hydrogens (tertiary/aromatic N) is 1. The second kappa shape index (κ2) is 8.60. The van der Waals surface area contributed by atoms with E-state index in [0.717, 1.165) is 38.9 Å². The number of carbonyl (C=O) groups excluding carboxylic acids is 1. The van der Waals surface area contributed by atoms with Crippen molar-refractivity contribution in [2.75, 3.05) is 33.5 Å². The van der Waals surface area contributed by atoms with Crippen LogP contribution in [0.25, 0.3) is 0 Å². The summed E-state index contributed by atoms with van der Waals surface area (Å²) in [6, 6.07) is 0.473. The van der Waals surface area contributed by atoms with Crippen LogP contribution in [0.4, 0.5) is 0 Å². The van der Waals surface area contributed by atoms with Gasteiger partial charge >= 0.3 is 0 Å². The van der Waals surface area contributed by atoms with E-state index in [1.165, 1.54) is 0 Å². The van der Waals surface area contributed by atoms with Crippen molar-refractivity contribution in [3.63, 3.8) is 0 Å². The Morgan fingerprint density at radius 3 is 2.80 bits per heavy atom. The van der Waals surface area contributed by atoms with Crippen LogP contribution in [0, 0.1) is 0 Å². The molecular weight excluding hydrogens is 254 g/mol. The van der Waals surface area contributed by atoms with Gasteiger partial charge in [0.05, 0.1) is 0 Å². The maximum Gasteiger partial charge on any atom is 0.248 e. The van der Waals surface area contributed by atoms with Gasteiger partial charge in [-0.05, 0) is 33.1 Å². The Labute approximate surface area is 123 Å². The molecule has 0 bridgehead atoms. The number of rotatable bonds is 9. The number of hydrogen-bond donors (Lipinski definition) is 2. The van der Waals surface area contributed by atoms with Crippen LogP contribution < -0.4 is 10.6 Å². The van der Waals surface area contributed by atoms with Crippen molar-refractivity contribution in [2.24, 2.45) is 0 Å². The minimum atomic E-state index is 0.0804. The average molecular weight is 285 g/mol. The van der Waals surface area contributed by atoms with Crippen LogP contribution in [-0.4, -0.2) is 55.9 Å². The van der Waals surface area contributed by atoms with Gasteiger partial charge in [-0.3, -0.25) is 10.1 Å². The van der Waals surface area contributed by atoms with Gasteiger partial charge in [0.2, 0.25) is 5.91 Å². The molecular formula is C15H31N3O2. The molecule has 1 rings (SSSR count). The molecule has 2 N–H and O–H groups in total. The molecule has 2 atom stereocenters. The van der Waals surface area contributed by atoms with Gasteiger partial charge < -0.3 is 15.0 Å². The highest BCUT2D eigenvalue weighted by Crippen LogP contribution is 2.20. The second-order valence-corrected chi connectivity index (χ2v) is 6.02. The first-order valence-electron chi connectivity index (χ1n) is 7.79. The maximum atomic E-state index is 11.9. The fourth-order valence-electron chi connectivity index (χ4n) is 2.41. The van der Waals surface area contributed by atoms with E-state index in [2.05, 4.69) is 31.4 Å². The molecule has 0 aromatic carbocycles. The number of unbranched alkanes of at least 4 members (excludes halogenated alkanes) is 1. The smallest absolute Gasteiger partial charge is 0.248 e. The summed E-state index contributed by atoms with van der Waals surface area (Å²) in [7, 11) is 1.86. The molecule has 0 aromatic heterocycles. The maximum absolute atomic E-state index is 11.9. The predicted molar refractivity (Wildman–Crippen MR) is 81.6 cm³/mol. The number of carbonyl (C=O) groups is 1. The first-order chi connectivity index (χ1) is 9.49. The van der Waals surface area contributed by atoms with E-state index < -0.39 is 0 Å². The molecule has 1 heterocycles. The number of likely N-dealkylation sites (N-methyl/N-ethyl adjacent to an activating group) is 1. The van der Waals surface area contributed by atoms with E-state index >= 15 is 0 Å². The molecule has 1 saturated heterocycles. The molecule has 20 heavy (non-hydrogen) atoms. The van der Waals surface area contributed by atoms with Crippen LogP contribution in [0.1, 0.15) is 46.5 Å². The molecule has 0 aliphatic carbocycles. The van der Waals surface area contributed by atoms with Crippen LogP contribution in [0.2, 0.25) is 0 Å². The minimum absolute atomic E-state index is 0.0804. The van der Waals surface area contributed by atoms with Crippen molar-refractivity contribution in [3.8, 4) is 0 Å². The van der Waals surface area contributed by atoms with Crippen molar-refractivity contribution in [1.82, 2.24) is 15.5 Å². The fraction of sp³-hybridized carbons (Fsp3) is 0.933. The SMILES string of the molecule is CCCCOCC(=O)N(C)CCC[C@@]1(C)NCN[C@@H]1C. The van der Waals surface area contributed by atoms with Crippen LogP contribution >= 0.6 is 0 Å². The molecule has 0 aromatic rings. The number of hydrogen-bond acceptors (Lipinski definition) is 4. The topological polar surface area (TPSA) is 53.6 Å². The monoisotopic (exact) mass is 285 g/mol. The summed E-state index contributed by atoms with van der Waals surface area (Å²) in [5, 5.41) is 6.89. The van der Waals surface area contributed by atoms with Crippen molar-refractivity contribution in [3.05, 3.63) is 0 Å². The van der Waals surface area contributed by atoms with E-state index in [1.807, 2.05) is 7.05 Å². The second-order valence-electron chi connectivity index (χ2n) is 6.02. The Bertz CT molecular complexity index is 299. The van der Waals surface area contributed by atoms with Crippen LogP contribution in [-0.2, 0) is 9.53 Å². The lowest BCUT2D eigenvalue weighted by Crippen LogP contribution is -2.45. The molecule has 1 aliphatic rings. The largest absolute Gasteiger partial charge is 0.372 e. The number of amides is 1. The lowest BCUT2D eigenvalue weighted by molar-refractivity contribution is -0.134. The Morgan fingerprint density at radius 2 is 2.20 bits per heavy atom. The van der Waals surface area contributed by atoms with Crippen molar-refractivity contribution in [2.45, 2.75) is 58.0 Å². The van der Waals surface area contributed by atoms with E-state index in [4.69, 9.17) is 4.74 Å². The molecule has 0 spiro atoms. The molecule has 0 radical (unpaired) electrons. The summed E-state index contributed by atoms with van der Waals surface area (Å²) >= 11 is 0. The van der Waals surface area contributed by atoms with Gasteiger partial charge in [-0.1, -0.05) is 13.3 Å². The zero-order valence-electron chi connectivity index (χ0n) is 13.5. The normalized spacial score (nSPS) is 25.9. The molecule has 118 valence electrons. The van der Waals surface area contributed by atoms with Crippen molar-refractivity contribution in [1.29, 1.82) is 0 Å². The summed E-state index contributed by atoms with van der Waals surface area (Å²) in [5.74, 6) is 0.0804. The zero-order chi connectivity index (χ0) is 15.0. The number of ether oxygens (including phenoxy) is 1. The van der Waals surface area contributed by atoms with Gasteiger partial charge in [-0.2, -0.15) is 0 Å². The van der Waals surface area contributed by atoms with Crippen LogP contribution in [0.15, 0.2) is 0 Å². The van der Waals surface area contributed by atoms with Crippen LogP contribution in [0.3, 0.4) is 0 Å². The predicted octanol–water partition coefficient (Wildman–Crippen LogP) is 1.34. The van der Waals surface area contributed by atoms with Gasteiger partial charge in [0.15, 0.2) is 0 Å². The molecule has 0 unspecified atom stereocenters. The standard InChI is InChI=1S/C15H31N3O2/c1-5-6-10-20-11-14(19)18(4)9-7-8-15(3)13(2)16-12-17-15/h13,16-17H,5-12H2,1-4H3/t13-,15-/m1/s1. The van der Waals surface area contributed by atoms with Gasteiger partial charge in [-0.15, -0.1) is 0 Å². The third kappa shape index (κ3) is 5.38. The van der Waals surface area contributed by atoms with Gasteiger partial charge in [0.25, 0.3) is 0 Å². The lowest BCUT2D eigenvalue weighted by atomic mass is 9.90. The van der Waals surface area contributed by atoms with Gasteiger partial charge in [0, 0.05) is 38.4 Å². The summed E-state index contributed by atoms with van der Waals surface area (Å²) < 4.78 is 5.36. The Hall–Kier alpha value is -0.650. The molecule has 5 nitrogen and oxygen atoms in total. The number of nitrogens with one attached hydrogen (secondary N) is 2. The summed E-state index contributed by atoms with van der Waals surface area (Å²) in [5.41, 5.74) is 0.140. The highest BCUT2D eigenvalue weighted by atomic mass is 16.5. The fourth-order valence-corrected chi connectivity index (χ4v) is 2.41. The minimum Gasteiger partial charge on any atom is -0.372 e. The third-order valence-electron chi connectivity index (χ3n) is 4.34. The first-order valence-corrected chi connectivity index (χ1v) is 7.79. The third-order valence-corrected chi connectivity index (χ3v) is 4.34. The Kier molecular flexibility index (Phi) is 7.48. The van der Waals surface area contributed by atoms with E-state index in [0.29, 0.717) is 12.6 Å². The quantitative estimate of drug-likeness (QED) is 0.628. The average Bonchev–Trinajstić information content (AvgIpc) is 2.74. The molecule has 0 saturated carbocycles. The zero-order valence-corrected chi connectivity index (χ0v) is 13.5. The highest BCUT2D eigenvalue weighted by molar-refractivity contribution is 5.77. The van der Waals surface area contributed by atoms with E-state index in [9.17, 15) is 4.79 Å². The molecule has 1 aliphatic heterocycles. The van der Waals surface area contributed by atoms with Crippen molar-refractivity contribution >= 4 is 5.91 Å². The first kappa shape index (κ1) is 17.4. The summed E-state index contributed by atoms with van der Waals surface area (Å²) in [6.07, 6.45) is 4.19. The van der Waals surface area contributed by atoms with Gasteiger partial charge in [-0.25, -0.2) is 0 Å². The lowest BCUT2D eigenvalue weighted by Gasteiger charge is -2.29. The van der Waals surface area contributed by atoms with Crippen molar-refractivity contribution < 1.29 is 9.53 Å². The Balaban J connectivity index is 2.15. The van der Waals surface area contributed by atoms with Crippen LogP contribution in [0.5, 0.6) is 0 Å². The molecule has 1 amide bonds. The van der Waals surface area contributed by atoms with E-state index in [1.54, 1.807) is 4.90 Å². The summed E-state index contributed by atoms with van der Waals surface area (Å²) in [6.45, 7) is 9.12. The van der Waals surface area contributed by atoms with Gasteiger partial charge in [0.1, 0.15) is 6.61 Å². The molecule has 1 fully saturated rings. The highest BCUT2D eigenvalue weighted by Gasteiger charge is 2.34. The molecule has 5 heteroatoms. The Morgan fingerprint density at radius 1 is 1.45 bits per heavy atom. The summed E-state index contributed by atoms with van der Waals surface area (Å²) in [4.78, 5) is 13.6.